The second-order valence-corrected chi connectivity index (χ2v) is 4.36. The fraction of sp³-hybridized carbons (Fsp3) is 0.500. The summed E-state index contributed by atoms with van der Waals surface area (Å²) in [6, 6.07) is 4.11. The first-order valence-electron chi connectivity index (χ1n) is 5.81. The zero-order valence-corrected chi connectivity index (χ0v) is 10.5. The van der Waals surface area contributed by atoms with Gasteiger partial charge in [-0.25, -0.2) is 0 Å². The van der Waals surface area contributed by atoms with Crippen LogP contribution in [-0.4, -0.2) is 21.8 Å². The van der Waals surface area contributed by atoms with Gasteiger partial charge in [-0.3, -0.25) is 0 Å². The minimum absolute atomic E-state index is 0.276. The molecule has 0 amide bonds. The highest BCUT2D eigenvalue weighted by atomic mass is 16.5. The van der Waals surface area contributed by atoms with E-state index in [9.17, 15) is 0 Å². The molecule has 5 nitrogen and oxygen atoms in total. The van der Waals surface area contributed by atoms with Crippen molar-refractivity contribution in [2.45, 2.75) is 32.9 Å². The maximum Gasteiger partial charge on any atom is 0.229 e. The van der Waals surface area contributed by atoms with Crippen molar-refractivity contribution in [2.75, 3.05) is 7.05 Å². The van der Waals surface area contributed by atoms with Crippen molar-refractivity contribution in [1.29, 1.82) is 0 Å². The van der Waals surface area contributed by atoms with E-state index in [1.165, 1.54) is 5.69 Å². The normalized spacial score (nSPS) is 11.3. The molecule has 0 aliphatic rings. The Morgan fingerprint density at radius 3 is 2.94 bits per heavy atom. The Kier molecular flexibility index (Phi) is 3.58. The van der Waals surface area contributed by atoms with E-state index in [1.807, 2.05) is 33.2 Å². The highest BCUT2D eigenvalue weighted by Gasteiger charge is 2.10. The van der Waals surface area contributed by atoms with E-state index < -0.39 is 0 Å². The number of hydrogen-bond acceptors (Lipinski definition) is 4. The zero-order valence-electron chi connectivity index (χ0n) is 10.5. The summed E-state index contributed by atoms with van der Waals surface area (Å²) < 4.78 is 7.30. The molecule has 0 bridgehead atoms. The third-order valence-corrected chi connectivity index (χ3v) is 2.57. The van der Waals surface area contributed by atoms with Crippen molar-refractivity contribution in [1.82, 2.24) is 20.0 Å². The van der Waals surface area contributed by atoms with Gasteiger partial charge in [0, 0.05) is 24.4 Å². The van der Waals surface area contributed by atoms with E-state index in [4.69, 9.17) is 4.52 Å². The average Bonchev–Trinajstić information content (AvgIpc) is 2.90. The molecule has 2 heterocycles. The molecule has 0 fully saturated rings. The highest BCUT2D eigenvalue weighted by molar-refractivity contribution is 5.08. The maximum atomic E-state index is 5.18. The van der Waals surface area contributed by atoms with Gasteiger partial charge >= 0.3 is 0 Å². The van der Waals surface area contributed by atoms with Crippen molar-refractivity contribution in [3.8, 4) is 0 Å². The van der Waals surface area contributed by atoms with Crippen LogP contribution >= 0.6 is 0 Å². The molecule has 2 aromatic heterocycles. The van der Waals surface area contributed by atoms with Gasteiger partial charge in [0.25, 0.3) is 0 Å². The molecule has 0 spiro atoms. The second kappa shape index (κ2) is 5.14. The van der Waals surface area contributed by atoms with Crippen molar-refractivity contribution >= 4 is 0 Å². The van der Waals surface area contributed by atoms with Crippen molar-refractivity contribution in [3.63, 3.8) is 0 Å². The lowest BCUT2D eigenvalue weighted by Gasteiger charge is -2.05. The van der Waals surface area contributed by atoms with Crippen LogP contribution in [0.3, 0.4) is 0 Å². The molecule has 0 aliphatic heterocycles. The number of rotatable bonds is 5. The number of nitrogens with zero attached hydrogens (tertiary/aromatic N) is 3. The predicted octanol–water partition coefficient (Wildman–Crippen LogP) is 1.76. The van der Waals surface area contributed by atoms with Crippen LogP contribution < -0.4 is 5.32 Å². The smallest absolute Gasteiger partial charge is 0.229 e. The van der Waals surface area contributed by atoms with Crippen molar-refractivity contribution in [2.24, 2.45) is 0 Å². The lowest BCUT2D eigenvalue weighted by atomic mass is 10.2. The monoisotopic (exact) mass is 234 g/mol. The van der Waals surface area contributed by atoms with Gasteiger partial charge in [0.1, 0.15) is 0 Å². The fourth-order valence-electron chi connectivity index (χ4n) is 1.66. The quantitative estimate of drug-likeness (QED) is 0.856. The van der Waals surface area contributed by atoms with Gasteiger partial charge in [-0.05, 0) is 19.2 Å². The molecule has 5 heteroatoms. The molecule has 1 N–H and O–H groups in total. The Balaban J connectivity index is 2.11. The summed E-state index contributed by atoms with van der Waals surface area (Å²) in [6.07, 6.45) is 2.03. The lowest BCUT2D eigenvalue weighted by Crippen LogP contribution is -2.12. The minimum Gasteiger partial charge on any atom is -0.342 e. The summed E-state index contributed by atoms with van der Waals surface area (Å²) in [6.45, 7) is 5.57. The van der Waals surface area contributed by atoms with Crippen molar-refractivity contribution in [3.05, 3.63) is 35.7 Å². The molecule has 0 saturated carbocycles. The van der Waals surface area contributed by atoms with Crippen LogP contribution in [0.2, 0.25) is 0 Å². The molecular weight excluding hydrogens is 216 g/mol. The highest BCUT2D eigenvalue weighted by Crippen LogP contribution is 2.12. The third kappa shape index (κ3) is 2.74. The van der Waals surface area contributed by atoms with Crippen LogP contribution in [-0.2, 0) is 13.1 Å². The Morgan fingerprint density at radius 2 is 2.29 bits per heavy atom. The zero-order chi connectivity index (χ0) is 12.3. The molecule has 0 radical (unpaired) electrons. The standard InChI is InChI=1S/C12H18N4O/c1-9(2)12-14-11(15-17-12)8-16-6-4-5-10(16)7-13-3/h4-6,9,13H,7-8H2,1-3H3. The molecular formula is C12H18N4O. The average molecular weight is 234 g/mol. The van der Waals surface area contributed by atoms with Crippen LogP contribution in [0.1, 0.15) is 37.2 Å². The number of nitrogens with one attached hydrogen (secondary N) is 1. The Bertz CT molecular complexity index is 472. The molecule has 2 aromatic rings. The van der Waals surface area contributed by atoms with Gasteiger partial charge in [0.15, 0.2) is 5.82 Å². The van der Waals surface area contributed by atoms with Gasteiger partial charge < -0.3 is 14.4 Å². The first-order valence-corrected chi connectivity index (χ1v) is 5.81. The largest absolute Gasteiger partial charge is 0.342 e. The topological polar surface area (TPSA) is 55.9 Å². The van der Waals surface area contributed by atoms with Crippen LogP contribution in [0.25, 0.3) is 0 Å². The van der Waals surface area contributed by atoms with Crippen molar-refractivity contribution < 1.29 is 4.52 Å². The van der Waals surface area contributed by atoms with Gasteiger partial charge in [-0.2, -0.15) is 4.98 Å². The van der Waals surface area contributed by atoms with Crippen LogP contribution in [0.5, 0.6) is 0 Å². The lowest BCUT2D eigenvalue weighted by molar-refractivity contribution is 0.359. The summed E-state index contributed by atoms with van der Waals surface area (Å²) in [5, 5.41) is 7.12. The Morgan fingerprint density at radius 1 is 1.47 bits per heavy atom. The second-order valence-electron chi connectivity index (χ2n) is 4.36. The van der Waals surface area contributed by atoms with Gasteiger partial charge in [0.2, 0.25) is 5.89 Å². The fourth-order valence-corrected chi connectivity index (χ4v) is 1.66. The van der Waals surface area contributed by atoms with Gasteiger partial charge in [-0.15, -0.1) is 0 Å². The summed E-state index contributed by atoms with van der Waals surface area (Å²) >= 11 is 0. The Labute approximate surface area is 101 Å². The minimum atomic E-state index is 0.276. The molecule has 2 rings (SSSR count). The molecule has 0 aromatic carbocycles. The first-order chi connectivity index (χ1) is 8.20. The maximum absolute atomic E-state index is 5.18. The first kappa shape index (κ1) is 11.9. The molecule has 0 atom stereocenters. The summed E-state index contributed by atoms with van der Waals surface area (Å²) in [4.78, 5) is 4.37. The summed E-state index contributed by atoms with van der Waals surface area (Å²) in [5.41, 5.74) is 1.21. The molecule has 0 unspecified atom stereocenters. The van der Waals surface area contributed by atoms with Crippen LogP contribution in [0.4, 0.5) is 0 Å². The summed E-state index contributed by atoms with van der Waals surface area (Å²) in [7, 11) is 1.93. The molecule has 0 saturated heterocycles. The SMILES string of the molecule is CNCc1cccn1Cc1noc(C(C)C)n1. The van der Waals surface area contributed by atoms with E-state index in [1.54, 1.807) is 0 Å². The van der Waals surface area contributed by atoms with Crippen LogP contribution in [0, 0.1) is 0 Å². The predicted molar refractivity (Wildman–Crippen MR) is 64.7 cm³/mol. The molecule has 17 heavy (non-hydrogen) atoms. The van der Waals surface area contributed by atoms with E-state index >= 15 is 0 Å². The van der Waals surface area contributed by atoms with Gasteiger partial charge in [0.05, 0.1) is 6.54 Å². The molecule has 92 valence electrons. The summed E-state index contributed by atoms with van der Waals surface area (Å²) in [5.74, 6) is 1.70. The Hall–Kier alpha value is -1.62. The van der Waals surface area contributed by atoms with E-state index in [0.717, 1.165) is 12.4 Å². The van der Waals surface area contributed by atoms with E-state index in [0.29, 0.717) is 12.4 Å². The van der Waals surface area contributed by atoms with Crippen LogP contribution in [0.15, 0.2) is 22.9 Å². The van der Waals surface area contributed by atoms with E-state index in [-0.39, 0.29) is 5.92 Å². The van der Waals surface area contributed by atoms with E-state index in [2.05, 4.69) is 26.1 Å². The van der Waals surface area contributed by atoms with Gasteiger partial charge in [-0.1, -0.05) is 19.0 Å². The third-order valence-electron chi connectivity index (χ3n) is 2.57. The molecule has 0 aliphatic carbocycles. The number of hydrogen-bond donors (Lipinski definition) is 1. The number of aromatic nitrogens is 3.